The van der Waals surface area contributed by atoms with Gasteiger partial charge in [0.2, 0.25) is 5.91 Å². The van der Waals surface area contributed by atoms with Gasteiger partial charge in [0, 0.05) is 25.7 Å². The molecule has 5 nitrogen and oxygen atoms in total. The van der Waals surface area contributed by atoms with Gasteiger partial charge in [0.1, 0.15) is 0 Å². The van der Waals surface area contributed by atoms with E-state index in [2.05, 4.69) is 27.6 Å². The number of ether oxygens (including phenoxy) is 1. The molecule has 1 saturated heterocycles. The molecule has 5 heteroatoms. The molecule has 0 aromatic heterocycles. The van der Waals surface area contributed by atoms with Crippen molar-refractivity contribution < 1.29 is 9.53 Å². The first-order valence-electron chi connectivity index (χ1n) is 6.41. The summed E-state index contributed by atoms with van der Waals surface area (Å²) in [5.41, 5.74) is 5.44. The fourth-order valence-corrected chi connectivity index (χ4v) is 1.96. The van der Waals surface area contributed by atoms with Crippen LogP contribution in [0.2, 0.25) is 0 Å². The van der Waals surface area contributed by atoms with Crippen LogP contribution < -0.4 is 10.3 Å². The Hall–Kier alpha value is -1.88. The molecule has 102 valence electrons. The highest BCUT2D eigenvalue weighted by Crippen LogP contribution is 2.16. The van der Waals surface area contributed by atoms with E-state index >= 15 is 0 Å². The van der Waals surface area contributed by atoms with Gasteiger partial charge in [-0.3, -0.25) is 4.79 Å². The monoisotopic (exact) mass is 261 g/mol. The number of hydrogen-bond donors (Lipinski definition) is 1. The average molecular weight is 261 g/mol. The van der Waals surface area contributed by atoms with E-state index in [1.54, 1.807) is 0 Å². The number of amides is 1. The molecule has 2 rings (SSSR count). The minimum Gasteiger partial charge on any atom is -0.378 e. The maximum atomic E-state index is 10.8. The van der Waals surface area contributed by atoms with Crippen LogP contribution in [0.15, 0.2) is 29.4 Å². The predicted octanol–water partition coefficient (Wildman–Crippen LogP) is 1.38. The van der Waals surface area contributed by atoms with Gasteiger partial charge >= 0.3 is 0 Å². The molecular weight excluding hydrogens is 242 g/mol. The van der Waals surface area contributed by atoms with Crippen molar-refractivity contribution in [3.05, 3.63) is 29.8 Å². The second-order valence-electron chi connectivity index (χ2n) is 4.51. The van der Waals surface area contributed by atoms with Crippen molar-refractivity contribution in [2.24, 2.45) is 5.10 Å². The summed E-state index contributed by atoms with van der Waals surface area (Å²) in [4.78, 5) is 13.1. The Morgan fingerprint density at radius 1 is 1.21 bits per heavy atom. The zero-order valence-electron chi connectivity index (χ0n) is 11.3. The van der Waals surface area contributed by atoms with E-state index in [0.29, 0.717) is 0 Å². The van der Waals surface area contributed by atoms with Crippen LogP contribution in [0.4, 0.5) is 5.69 Å². The Kier molecular flexibility index (Phi) is 4.52. The summed E-state index contributed by atoms with van der Waals surface area (Å²) >= 11 is 0. The number of carbonyl (C=O) groups is 1. The van der Waals surface area contributed by atoms with Crippen molar-refractivity contribution in [1.82, 2.24) is 5.43 Å². The second-order valence-corrected chi connectivity index (χ2v) is 4.51. The lowest BCUT2D eigenvalue weighted by Gasteiger charge is -2.28. The number of nitrogens with one attached hydrogen (secondary N) is 1. The summed E-state index contributed by atoms with van der Waals surface area (Å²) < 4.78 is 5.34. The van der Waals surface area contributed by atoms with E-state index in [9.17, 15) is 4.79 Å². The largest absolute Gasteiger partial charge is 0.378 e. The highest BCUT2D eigenvalue weighted by atomic mass is 16.5. The van der Waals surface area contributed by atoms with Crippen LogP contribution in [0, 0.1) is 0 Å². The molecule has 1 aliphatic heterocycles. The molecule has 1 aliphatic rings. The van der Waals surface area contributed by atoms with E-state index in [4.69, 9.17) is 4.74 Å². The van der Waals surface area contributed by atoms with Gasteiger partial charge in [-0.05, 0) is 24.6 Å². The molecule has 0 atom stereocenters. The SMILES string of the molecule is CC(=O)N/N=C(/C)c1ccc(N2CCOCC2)cc1. The fraction of sp³-hybridized carbons (Fsp3) is 0.429. The fourth-order valence-electron chi connectivity index (χ4n) is 1.96. The molecular formula is C14H19N3O2. The Bertz CT molecular complexity index is 462. The maximum absolute atomic E-state index is 10.8. The summed E-state index contributed by atoms with van der Waals surface area (Å²) in [5.74, 6) is -0.163. The molecule has 1 N–H and O–H groups in total. The molecule has 1 amide bonds. The minimum atomic E-state index is -0.163. The van der Waals surface area contributed by atoms with Gasteiger partial charge in [0.25, 0.3) is 0 Å². The quantitative estimate of drug-likeness (QED) is 0.660. The number of anilines is 1. The number of nitrogens with zero attached hydrogens (tertiary/aromatic N) is 2. The molecule has 1 aromatic rings. The van der Waals surface area contributed by atoms with Crippen LogP contribution in [0.1, 0.15) is 19.4 Å². The van der Waals surface area contributed by atoms with Gasteiger partial charge < -0.3 is 9.64 Å². The third-order valence-corrected chi connectivity index (χ3v) is 3.04. The Morgan fingerprint density at radius 3 is 2.42 bits per heavy atom. The minimum absolute atomic E-state index is 0.163. The van der Waals surface area contributed by atoms with Crippen molar-refractivity contribution in [2.45, 2.75) is 13.8 Å². The summed E-state index contributed by atoms with van der Waals surface area (Å²) in [6.45, 7) is 6.74. The second kappa shape index (κ2) is 6.33. The van der Waals surface area contributed by atoms with Crippen molar-refractivity contribution in [3.63, 3.8) is 0 Å². The summed E-state index contributed by atoms with van der Waals surface area (Å²) in [6.07, 6.45) is 0. The standard InChI is InChI=1S/C14H19N3O2/c1-11(15-16-12(2)18)13-3-5-14(6-4-13)17-7-9-19-10-8-17/h3-6H,7-10H2,1-2H3,(H,16,18)/b15-11-. The van der Waals surface area contributed by atoms with E-state index in [1.807, 2.05) is 19.1 Å². The van der Waals surface area contributed by atoms with Crippen LogP contribution in [-0.4, -0.2) is 37.9 Å². The Labute approximate surface area is 113 Å². The molecule has 1 heterocycles. The molecule has 0 saturated carbocycles. The summed E-state index contributed by atoms with van der Waals surface area (Å²) in [6, 6.07) is 8.19. The lowest BCUT2D eigenvalue weighted by Crippen LogP contribution is -2.36. The van der Waals surface area contributed by atoms with E-state index < -0.39 is 0 Å². The van der Waals surface area contributed by atoms with E-state index in [1.165, 1.54) is 12.6 Å². The number of hydrazone groups is 1. The Balaban J connectivity index is 2.05. The first-order chi connectivity index (χ1) is 9.16. The number of rotatable bonds is 3. The molecule has 0 unspecified atom stereocenters. The van der Waals surface area contributed by atoms with Crippen LogP contribution in [-0.2, 0) is 9.53 Å². The Morgan fingerprint density at radius 2 is 1.84 bits per heavy atom. The summed E-state index contributed by atoms with van der Waals surface area (Å²) in [5, 5.41) is 4.02. The van der Waals surface area contributed by atoms with Gasteiger partial charge in [-0.15, -0.1) is 0 Å². The molecule has 1 aromatic carbocycles. The number of carbonyl (C=O) groups excluding carboxylic acids is 1. The lowest BCUT2D eigenvalue weighted by molar-refractivity contribution is -0.118. The van der Waals surface area contributed by atoms with Gasteiger partial charge in [-0.2, -0.15) is 5.10 Å². The van der Waals surface area contributed by atoms with Crippen LogP contribution >= 0.6 is 0 Å². The first-order valence-corrected chi connectivity index (χ1v) is 6.41. The maximum Gasteiger partial charge on any atom is 0.236 e. The van der Waals surface area contributed by atoms with Gasteiger partial charge in [0.15, 0.2) is 0 Å². The van der Waals surface area contributed by atoms with Crippen molar-refractivity contribution >= 4 is 17.3 Å². The molecule has 19 heavy (non-hydrogen) atoms. The predicted molar refractivity (Wildman–Crippen MR) is 75.5 cm³/mol. The molecule has 0 aliphatic carbocycles. The normalized spacial score (nSPS) is 16.3. The van der Waals surface area contributed by atoms with Crippen molar-refractivity contribution in [2.75, 3.05) is 31.2 Å². The third kappa shape index (κ3) is 3.79. The molecule has 1 fully saturated rings. The smallest absolute Gasteiger partial charge is 0.236 e. The average Bonchev–Trinajstić information content (AvgIpc) is 2.46. The van der Waals surface area contributed by atoms with Crippen LogP contribution in [0.25, 0.3) is 0 Å². The zero-order chi connectivity index (χ0) is 13.7. The van der Waals surface area contributed by atoms with Crippen LogP contribution in [0.5, 0.6) is 0 Å². The molecule has 0 radical (unpaired) electrons. The van der Waals surface area contributed by atoms with Gasteiger partial charge in [-0.25, -0.2) is 5.43 Å². The van der Waals surface area contributed by atoms with E-state index in [-0.39, 0.29) is 5.91 Å². The summed E-state index contributed by atoms with van der Waals surface area (Å²) in [7, 11) is 0. The van der Waals surface area contributed by atoms with Crippen molar-refractivity contribution in [1.29, 1.82) is 0 Å². The zero-order valence-corrected chi connectivity index (χ0v) is 11.3. The molecule has 0 spiro atoms. The van der Waals surface area contributed by atoms with Gasteiger partial charge in [0.05, 0.1) is 18.9 Å². The highest BCUT2D eigenvalue weighted by molar-refractivity contribution is 5.99. The lowest BCUT2D eigenvalue weighted by atomic mass is 10.1. The highest BCUT2D eigenvalue weighted by Gasteiger charge is 2.10. The third-order valence-electron chi connectivity index (χ3n) is 3.04. The van der Waals surface area contributed by atoms with Crippen LogP contribution in [0.3, 0.4) is 0 Å². The van der Waals surface area contributed by atoms with Gasteiger partial charge in [-0.1, -0.05) is 12.1 Å². The number of hydrogen-bond acceptors (Lipinski definition) is 4. The van der Waals surface area contributed by atoms with Crippen molar-refractivity contribution in [3.8, 4) is 0 Å². The molecule has 0 bridgehead atoms. The topological polar surface area (TPSA) is 53.9 Å². The number of benzene rings is 1. The first kappa shape index (κ1) is 13.5. The number of morpholine rings is 1. The van der Waals surface area contributed by atoms with E-state index in [0.717, 1.165) is 37.6 Å².